The molecule has 0 aromatic carbocycles. The monoisotopic (exact) mass is 353 g/mol. The van der Waals surface area contributed by atoms with Crippen molar-refractivity contribution in [1.82, 2.24) is 5.32 Å². The molecule has 1 aliphatic rings. The second kappa shape index (κ2) is 8.17. The minimum Gasteiger partial charge on any atom is -0.370 e. The Hall–Kier alpha value is -1.36. The van der Waals surface area contributed by atoms with Gasteiger partial charge >= 0.3 is 0 Å². The minimum absolute atomic E-state index is 0.302. The molecule has 0 heterocycles. The van der Waals surface area contributed by atoms with Crippen molar-refractivity contribution in [1.29, 1.82) is 0 Å². The zero-order chi connectivity index (χ0) is 15.9. The number of aldehydes is 1. The number of guanidine groups is 1. The number of nitrogens with two attached hydrogens (primary N) is 1. The second-order valence-corrected chi connectivity index (χ2v) is 6.81. The number of halogens is 1. The highest BCUT2D eigenvalue weighted by Crippen LogP contribution is 2.16. The average molecular weight is 354 g/mol. The van der Waals surface area contributed by atoms with E-state index in [0.717, 1.165) is 22.8 Å². The van der Waals surface area contributed by atoms with Gasteiger partial charge in [0.25, 0.3) is 0 Å². The summed E-state index contributed by atoms with van der Waals surface area (Å²) in [6.07, 6.45) is 10.7. The molecule has 0 aliphatic heterocycles. The van der Waals surface area contributed by atoms with E-state index in [1.54, 1.807) is 0 Å². The molecule has 1 atom stereocenters. The summed E-state index contributed by atoms with van der Waals surface area (Å²) >= 11 is 3.45. The van der Waals surface area contributed by atoms with Gasteiger partial charge in [-0.2, -0.15) is 0 Å². The first-order chi connectivity index (χ1) is 9.84. The molecule has 116 valence electrons. The fraction of sp³-hybridized carbons (Fsp3) is 0.500. The molecule has 0 radical (unpaired) electrons. The Balaban J connectivity index is 2.62. The zero-order valence-electron chi connectivity index (χ0n) is 12.9. The molecule has 1 rings (SSSR count). The molecule has 0 spiro atoms. The van der Waals surface area contributed by atoms with Crippen molar-refractivity contribution in [2.75, 3.05) is 6.54 Å². The summed E-state index contributed by atoms with van der Waals surface area (Å²) in [6.45, 7) is 6.49. The zero-order valence-corrected chi connectivity index (χ0v) is 14.5. The number of rotatable bonds is 6. The molecule has 0 aromatic heterocycles. The molecule has 3 N–H and O–H groups in total. The highest BCUT2D eigenvalue weighted by atomic mass is 79.9. The quantitative estimate of drug-likeness (QED) is 0.438. The fourth-order valence-corrected chi connectivity index (χ4v) is 2.57. The Morgan fingerprint density at radius 1 is 1.52 bits per heavy atom. The maximum atomic E-state index is 11.3. The van der Waals surface area contributed by atoms with Crippen LogP contribution < -0.4 is 11.1 Å². The number of carbonyl (C=O) groups is 1. The number of nitrogens with zero attached hydrogens (tertiary/aromatic N) is 1. The molecule has 1 unspecified atom stereocenters. The summed E-state index contributed by atoms with van der Waals surface area (Å²) in [5.74, 6) is 0.701. The summed E-state index contributed by atoms with van der Waals surface area (Å²) in [6, 6.07) is 0. The van der Waals surface area contributed by atoms with Gasteiger partial charge in [0.15, 0.2) is 5.96 Å². The van der Waals surface area contributed by atoms with Gasteiger partial charge in [0.1, 0.15) is 6.29 Å². The van der Waals surface area contributed by atoms with Gasteiger partial charge < -0.3 is 15.8 Å². The predicted octanol–water partition coefficient (Wildman–Crippen LogP) is 3.06. The van der Waals surface area contributed by atoms with Crippen LogP contribution in [0.15, 0.2) is 39.4 Å². The Morgan fingerprint density at radius 3 is 2.86 bits per heavy atom. The molecule has 0 amide bonds. The van der Waals surface area contributed by atoms with Crippen LogP contribution in [0.3, 0.4) is 0 Å². The van der Waals surface area contributed by atoms with Gasteiger partial charge in [0.2, 0.25) is 0 Å². The van der Waals surface area contributed by atoms with Gasteiger partial charge in [0.05, 0.1) is 12.1 Å². The van der Waals surface area contributed by atoms with E-state index in [1.807, 2.05) is 19.1 Å². The standard InChI is InChI=1S/C16H24BrN3O/c1-12(2)9-16(3,11-21)20-15(18)19-10-13-5-4-6-14(17)8-7-13/h5-8,11-12H,4,9-10H2,1-3H3,(H3,18,19,20). The highest BCUT2D eigenvalue weighted by Gasteiger charge is 2.25. The first kappa shape index (κ1) is 17.7. The summed E-state index contributed by atoms with van der Waals surface area (Å²) < 4.78 is 1.06. The number of aliphatic imine (C=N–C) groups is 1. The molecular formula is C16H24BrN3O. The average Bonchev–Trinajstić information content (AvgIpc) is 2.60. The van der Waals surface area contributed by atoms with Gasteiger partial charge in [-0.15, -0.1) is 0 Å². The van der Waals surface area contributed by atoms with E-state index in [2.05, 4.69) is 52.2 Å². The van der Waals surface area contributed by atoms with Crippen LogP contribution in [-0.2, 0) is 4.79 Å². The van der Waals surface area contributed by atoms with Crippen molar-refractivity contribution in [2.45, 2.75) is 39.2 Å². The molecule has 4 nitrogen and oxygen atoms in total. The molecule has 0 fully saturated rings. The smallest absolute Gasteiger partial charge is 0.189 e. The third-order valence-electron chi connectivity index (χ3n) is 3.09. The van der Waals surface area contributed by atoms with E-state index in [9.17, 15) is 4.79 Å². The molecular weight excluding hydrogens is 330 g/mol. The van der Waals surface area contributed by atoms with Crippen LogP contribution in [0.25, 0.3) is 0 Å². The van der Waals surface area contributed by atoms with Crippen LogP contribution in [0, 0.1) is 5.92 Å². The second-order valence-electron chi connectivity index (χ2n) is 5.90. The molecule has 5 heteroatoms. The van der Waals surface area contributed by atoms with Gasteiger partial charge in [-0.1, -0.05) is 48.0 Å². The lowest BCUT2D eigenvalue weighted by molar-refractivity contribution is -0.112. The summed E-state index contributed by atoms with van der Waals surface area (Å²) in [7, 11) is 0. The lowest BCUT2D eigenvalue weighted by atomic mass is 9.92. The van der Waals surface area contributed by atoms with Crippen LogP contribution in [0.4, 0.5) is 0 Å². The van der Waals surface area contributed by atoms with Gasteiger partial charge in [-0.05, 0) is 37.3 Å². The molecule has 1 aliphatic carbocycles. The van der Waals surface area contributed by atoms with Crippen LogP contribution in [-0.4, -0.2) is 24.3 Å². The topological polar surface area (TPSA) is 67.5 Å². The number of carbonyl (C=O) groups excluding carboxylic acids is 1. The van der Waals surface area contributed by atoms with Gasteiger partial charge in [0, 0.05) is 4.48 Å². The lowest BCUT2D eigenvalue weighted by Crippen LogP contribution is -2.51. The number of hydrogen-bond acceptors (Lipinski definition) is 2. The Morgan fingerprint density at radius 2 is 2.24 bits per heavy atom. The fourth-order valence-electron chi connectivity index (χ4n) is 2.25. The maximum Gasteiger partial charge on any atom is 0.189 e. The van der Waals surface area contributed by atoms with Gasteiger partial charge in [-0.25, -0.2) is 4.99 Å². The SMILES string of the molecule is CC(C)CC(C)(C=O)NC(N)=NCC1=CCC=C(Br)C=C1. The molecule has 0 bridgehead atoms. The minimum atomic E-state index is -0.667. The van der Waals surface area contributed by atoms with Crippen molar-refractivity contribution < 1.29 is 4.79 Å². The van der Waals surface area contributed by atoms with E-state index in [1.165, 1.54) is 0 Å². The highest BCUT2D eigenvalue weighted by molar-refractivity contribution is 9.11. The third-order valence-corrected chi connectivity index (χ3v) is 3.68. The van der Waals surface area contributed by atoms with Gasteiger partial charge in [-0.3, -0.25) is 0 Å². The van der Waals surface area contributed by atoms with Crippen molar-refractivity contribution in [3.8, 4) is 0 Å². The van der Waals surface area contributed by atoms with Crippen LogP contribution in [0.1, 0.15) is 33.6 Å². The van der Waals surface area contributed by atoms with E-state index in [4.69, 9.17) is 5.73 Å². The van der Waals surface area contributed by atoms with Crippen LogP contribution >= 0.6 is 15.9 Å². The van der Waals surface area contributed by atoms with Crippen molar-refractivity contribution >= 4 is 28.2 Å². The maximum absolute atomic E-state index is 11.3. The number of nitrogens with one attached hydrogen (secondary N) is 1. The van der Waals surface area contributed by atoms with Crippen LogP contribution in [0.5, 0.6) is 0 Å². The number of hydrogen-bond donors (Lipinski definition) is 2. The Labute approximate surface area is 135 Å². The normalized spacial score (nSPS) is 18.6. The number of allylic oxidation sites excluding steroid dienone is 4. The molecule has 0 saturated heterocycles. The Bertz CT molecular complexity index is 492. The van der Waals surface area contributed by atoms with E-state index in [-0.39, 0.29) is 0 Å². The third kappa shape index (κ3) is 6.76. The molecule has 0 saturated carbocycles. The van der Waals surface area contributed by atoms with Crippen molar-refractivity contribution in [3.05, 3.63) is 34.4 Å². The first-order valence-electron chi connectivity index (χ1n) is 7.12. The van der Waals surface area contributed by atoms with E-state index in [0.29, 0.717) is 24.8 Å². The summed E-state index contributed by atoms with van der Waals surface area (Å²) in [4.78, 5) is 15.6. The molecule has 21 heavy (non-hydrogen) atoms. The summed E-state index contributed by atoms with van der Waals surface area (Å²) in [5.41, 5.74) is 6.33. The summed E-state index contributed by atoms with van der Waals surface area (Å²) in [5, 5.41) is 3.02. The largest absolute Gasteiger partial charge is 0.370 e. The van der Waals surface area contributed by atoms with E-state index >= 15 is 0 Å². The van der Waals surface area contributed by atoms with Crippen LogP contribution in [0.2, 0.25) is 0 Å². The molecule has 0 aromatic rings. The lowest BCUT2D eigenvalue weighted by Gasteiger charge is -2.27. The first-order valence-corrected chi connectivity index (χ1v) is 7.91. The van der Waals surface area contributed by atoms with Crippen molar-refractivity contribution in [3.63, 3.8) is 0 Å². The van der Waals surface area contributed by atoms with E-state index < -0.39 is 5.54 Å². The Kier molecular flexibility index (Phi) is 6.89. The van der Waals surface area contributed by atoms with Crippen molar-refractivity contribution in [2.24, 2.45) is 16.6 Å². The predicted molar refractivity (Wildman–Crippen MR) is 92.4 cm³/mol.